The van der Waals surface area contributed by atoms with E-state index in [1.807, 2.05) is 47.3 Å². The van der Waals surface area contributed by atoms with E-state index in [-0.39, 0.29) is 6.04 Å². The average Bonchev–Trinajstić information content (AvgIpc) is 3.15. The molecule has 0 fully saturated rings. The van der Waals surface area contributed by atoms with Crippen molar-refractivity contribution in [2.24, 2.45) is 0 Å². The van der Waals surface area contributed by atoms with Gasteiger partial charge in [0.1, 0.15) is 12.1 Å². The van der Waals surface area contributed by atoms with Gasteiger partial charge in [-0.05, 0) is 41.5 Å². The third-order valence-electron chi connectivity index (χ3n) is 4.95. The van der Waals surface area contributed by atoms with Crippen LogP contribution in [0.4, 0.5) is 5.95 Å². The van der Waals surface area contributed by atoms with Gasteiger partial charge in [0.2, 0.25) is 5.95 Å². The summed E-state index contributed by atoms with van der Waals surface area (Å²) in [6.45, 7) is 2.10. The van der Waals surface area contributed by atoms with E-state index in [1.54, 1.807) is 6.20 Å². The van der Waals surface area contributed by atoms with E-state index in [0.29, 0.717) is 5.95 Å². The third-order valence-corrected chi connectivity index (χ3v) is 4.95. The number of rotatable bonds is 4. The fraction of sp³-hybridized carbons (Fsp3) is 0.0870. The van der Waals surface area contributed by atoms with Crippen LogP contribution >= 0.6 is 0 Å². The van der Waals surface area contributed by atoms with Crippen molar-refractivity contribution in [3.63, 3.8) is 0 Å². The minimum atomic E-state index is 0.111. The lowest BCUT2D eigenvalue weighted by Crippen LogP contribution is -2.10. The number of fused-ring (bicyclic) bond motifs is 2. The summed E-state index contributed by atoms with van der Waals surface area (Å²) in [4.78, 5) is 13.7. The Bertz CT molecular complexity index is 1260. The van der Waals surface area contributed by atoms with Crippen molar-refractivity contribution in [3.05, 3.63) is 90.9 Å². The van der Waals surface area contributed by atoms with Gasteiger partial charge in [-0.1, -0.05) is 54.6 Å². The van der Waals surface area contributed by atoms with Crippen molar-refractivity contribution < 1.29 is 0 Å². The van der Waals surface area contributed by atoms with Crippen LogP contribution in [0.2, 0.25) is 0 Å². The van der Waals surface area contributed by atoms with E-state index >= 15 is 0 Å². The number of benzene rings is 3. The van der Waals surface area contributed by atoms with Crippen LogP contribution in [-0.4, -0.2) is 19.5 Å². The van der Waals surface area contributed by atoms with Gasteiger partial charge in [-0.25, -0.2) is 9.97 Å². The first-order valence-corrected chi connectivity index (χ1v) is 9.29. The smallest absolute Gasteiger partial charge is 0.225 e. The van der Waals surface area contributed by atoms with Gasteiger partial charge < -0.3 is 5.32 Å². The van der Waals surface area contributed by atoms with Crippen molar-refractivity contribution in [1.82, 2.24) is 19.5 Å². The maximum Gasteiger partial charge on any atom is 0.225 e. The fourth-order valence-electron chi connectivity index (χ4n) is 3.45. The first-order valence-electron chi connectivity index (χ1n) is 9.29. The Labute approximate surface area is 162 Å². The molecule has 2 aromatic heterocycles. The zero-order valence-electron chi connectivity index (χ0n) is 15.4. The molecule has 0 saturated carbocycles. The minimum absolute atomic E-state index is 0.111. The van der Waals surface area contributed by atoms with Crippen molar-refractivity contribution in [2.75, 3.05) is 5.32 Å². The summed E-state index contributed by atoms with van der Waals surface area (Å²) >= 11 is 0. The van der Waals surface area contributed by atoms with Gasteiger partial charge >= 0.3 is 0 Å². The van der Waals surface area contributed by atoms with Crippen molar-refractivity contribution >= 4 is 27.8 Å². The van der Waals surface area contributed by atoms with Crippen molar-refractivity contribution in [3.8, 4) is 5.82 Å². The van der Waals surface area contributed by atoms with E-state index in [0.717, 1.165) is 16.9 Å². The number of hydrogen-bond donors (Lipinski definition) is 1. The van der Waals surface area contributed by atoms with Crippen LogP contribution in [0, 0.1) is 0 Å². The molecule has 0 unspecified atom stereocenters. The van der Waals surface area contributed by atoms with E-state index in [2.05, 4.69) is 58.6 Å². The highest BCUT2D eigenvalue weighted by Gasteiger charge is 2.10. The Morgan fingerprint density at radius 3 is 2.43 bits per heavy atom. The fourth-order valence-corrected chi connectivity index (χ4v) is 3.45. The first kappa shape index (κ1) is 16.4. The van der Waals surface area contributed by atoms with Gasteiger partial charge in [-0.3, -0.25) is 4.57 Å². The summed E-state index contributed by atoms with van der Waals surface area (Å²) in [5.74, 6) is 1.38. The molecule has 5 nitrogen and oxygen atoms in total. The highest BCUT2D eigenvalue weighted by molar-refractivity contribution is 5.95. The Morgan fingerprint density at radius 2 is 1.61 bits per heavy atom. The molecule has 0 spiro atoms. The van der Waals surface area contributed by atoms with Crippen LogP contribution < -0.4 is 5.32 Å². The molecule has 0 aliphatic heterocycles. The summed E-state index contributed by atoms with van der Waals surface area (Å²) in [6.07, 6.45) is 3.59. The van der Waals surface area contributed by atoms with Crippen LogP contribution in [-0.2, 0) is 0 Å². The van der Waals surface area contributed by atoms with Crippen molar-refractivity contribution in [1.29, 1.82) is 0 Å². The predicted octanol–water partition coefficient (Wildman–Crippen LogP) is 5.14. The summed E-state index contributed by atoms with van der Waals surface area (Å²) in [5, 5.41) is 5.75. The SMILES string of the molecule is C[C@H](Nc1nccc(-n2cnc3cc4ccccc4cc32)n1)c1ccccc1. The van der Waals surface area contributed by atoms with E-state index < -0.39 is 0 Å². The lowest BCUT2D eigenvalue weighted by Gasteiger charge is -2.14. The number of aromatic nitrogens is 4. The Morgan fingerprint density at radius 1 is 0.857 bits per heavy atom. The molecular formula is C23H19N5. The van der Waals surface area contributed by atoms with Crippen molar-refractivity contribution in [2.45, 2.75) is 13.0 Å². The van der Waals surface area contributed by atoms with Crippen LogP contribution in [0.3, 0.4) is 0 Å². The average molecular weight is 365 g/mol. The van der Waals surface area contributed by atoms with E-state index in [1.165, 1.54) is 16.3 Å². The summed E-state index contributed by atoms with van der Waals surface area (Å²) < 4.78 is 2.00. The van der Waals surface area contributed by atoms with E-state index in [4.69, 9.17) is 4.98 Å². The summed E-state index contributed by atoms with van der Waals surface area (Å²) in [7, 11) is 0. The molecule has 0 aliphatic carbocycles. The zero-order chi connectivity index (χ0) is 18.9. The molecule has 0 amide bonds. The molecule has 28 heavy (non-hydrogen) atoms. The van der Waals surface area contributed by atoms with E-state index in [9.17, 15) is 0 Å². The second-order valence-electron chi connectivity index (χ2n) is 6.82. The molecule has 5 aromatic rings. The first-order chi connectivity index (χ1) is 13.8. The molecule has 1 atom stereocenters. The van der Waals surface area contributed by atoms with Gasteiger partial charge in [0, 0.05) is 6.20 Å². The molecule has 0 aliphatic rings. The summed E-state index contributed by atoms with van der Waals surface area (Å²) in [5.41, 5.74) is 3.17. The monoisotopic (exact) mass is 365 g/mol. The topological polar surface area (TPSA) is 55.6 Å². The van der Waals surface area contributed by atoms with Gasteiger partial charge in [0.05, 0.1) is 17.1 Å². The van der Waals surface area contributed by atoms with Crippen LogP contribution in [0.15, 0.2) is 85.3 Å². The van der Waals surface area contributed by atoms with Gasteiger partial charge in [0.25, 0.3) is 0 Å². The van der Waals surface area contributed by atoms with Crippen LogP contribution in [0.1, 0.15) is 18.5 Å². The van der Waals surface area contributed by atoms with Gasteiger partial charge in [0.15, 0.2) is 0 Å². The Balaban J connectivity index is 1.52. The molecule has 0 radical (unpaired) electrons. The quantitative estimate of drug-likeness (QED) is 0.479. The maximum atomic E-state index is 4.71. The second-order valence-corrected chi connectivity index (χ2v) is 6.82. The number of hydrogen-bond acceptors (Lipinski definition) is 4. The largest absolute Gasteiger partial charge is 0.348 e. The number of imidazole rings is 1. The Kier molecular flexibility index (Phi) is 3.98. The second kappa shape index (κ2) is 6.78. The number of nitrogens with one attached hydrogen (secondary N) is 1. The molecule has 5 rings (SSSR count). The maximum absolute atomic E-state index is 4.71. The molecule has 0 bridgehead atoms. The molecule has 2 heterocycles. The minimum Gasteiger partial charge on any atom is -0.348 e. The highest BCUT2D eigenvalue weighted by atomic mass is 15.2. The highest BCUT2D eigenvalue weighted by Crippen LogP contribution is 2.24. The molecule has 136 valence electrons. The molecular weight excluding hydrogens is 346 g/mol. The number of anilines is 1. The molecule has 5 heteroatoms. The van der Waals surface area contributed by atoms with Crippen LogP contribution in [0.25, 0.3) is 27.6 Å². The molecule has 1 N–H and O–H groups in total. The standard InChI is InChI=1S/C23H19N5/c1-16(17-7-3-2-4-8-17)26-23-24-12-11-22(27-23)28-15-25-20-13-18-9-5-6-10-19(18)14-21(20)28/h2-16H,1H3,(H,24,26,27)/t16-/m0/s1. The van der Waals surface area contributed by atoms with Gasteiger partial charge in [-0.2, -0.15) is 4.98 Å². The molecule has 0 saturated heterocycles. The van der Waals surface area contributed by atoms with Crippen LogP contribution in [0.5, 0.6) is 0 Å². The van der Waals surface area contributed by atoms with Gasteiger partial charge in [-0.15, -0.1) is 0 Å². The normalized spacial score (nSPS) is 12.3. The lowest BCUT2D eigenvalue weighted by atomic mass is 10.1. The zero-order valence-corrected chi connectivity index (χ0v) is 15.4. The predicted molar refractivity (Wildman–Crippen MR) is 113 cm³/mol. The lowest BCUT2D eigenvalue weighted by molar-refractivity contribution is 0.854. The third kappa shape index (κ3) is 2.97. The Hall–Kier alpha value is -3.73. The molecule has 3 aromatic carbocycles. The number of nitrogens with zero attached hydrogens (tertiary/aromatic N) is 4. The summed E-state index contributed by atoms with van der Waals surface area (Å²) in [6, 6.07) is 24.8.